The summed E-state index contributed by atoms with van der Waals surface area (Å²) in [6.45, 7) is 2.33. The minimum absolute atomic E-state index is 0.351. The number of aromatic hydroxyl groups is 1. The van der Waals surface area contributed by atoms with Gasteiger partial charge in [-0.25, -0.2) is 0 Å². The molecular weight excluding hydrogens is 268 g/mol. The fourth-order valence-corrected chi connectivity index (χ4v) is 4.26. The van der Waals surface area contributed by atoms with E-state index in [1.165, 1.54) is 43.2 Å². The molecule has 1 N–H and O–H groups in total. The highest BCUT2D eigenvalue weighted by Gasteiger charge is 2.32. The first-order valence-corrected chi connectivity index (χ1v) is 8.63. The van der Waals surface area contributed by atoms with Crippen LogP contribution in [0.15, 0.2) is 54.6 Å². The predicted molar refractivity (Wildman–Crippen MR) is 92.1 cm³/mol. The summed E-state index contributed by atoms with van der Waals surface area (Å²) in [6.07, 6.45) is 6.74. The van der Waals surface area contributed by atoms with Crippen LogP contribution in [0.5, 0.6) is 5.75 Å². The smallest absolute Gasteiger partial charge is 0.115 e. The maximum atomic E-state index is 9.62. The highest BCUT2D eigenvalue weighted by molar-refractivity contribution is 5.36. The molecule has 1 fully saturated rings. The van der Waals surface area contributed by atoms with Crippen molar-refractivity contribution < 1.29 is 5.11 Å². The minimum atomic E-state index is 0.351. The Morgan fingerprint density at radius 3 is 2.09 bits per heavy atom. The average molecular weight is 294 g/mol. The largest absolute Gasteiger partial charge is 0.508 e. The number of phenols is 1. The molecule has 1 nitrogen and oxygen atoms in total. The highest BCUT2D eigenvalue weighted by Crippen LogP contribution is 2.44. The normalized spacial score (nSPS) is 18.2. The first-order chi connectivity index (χ1) is 10.8. The summed E-state index contributed by atoms with van der Waals surface area (Å²) >= 11 is 0. The van der Waals surface area contributed by atoms with Gasteiger partial charge >= 0.3 is 0 Å². The van der Waals surface area contributed by atoms with Gasteiger partial charge in [-0.15, -0.1) is 0 Å². The Kier molecular flexibility index (Phi) is 4.82. The zero-order valence-corrected chi connectivity index (χ0v) is 13.4. The third-order valence-corrected chi connectivity index (χ3v) is 5.32. The first kappa shape index (κ1) is 15.1. The van der Waals surface area contributed by atoms with Crippen molar-refractivity contribution in [1.82, 2.24) is 0 Å². The predicted octanol–water partition coefficient (Wildman–Crippen LogP) is 5.74. The molecule has 116 valence electrons. The SMILES string of the molecule is CCC(C1CCCC1)C(c1ccccc1)c1ccc(O)cc1. The monoisotopic (exact) mass is 294 g/mol. The Labute approximate surface area is 134 Å². The van der Waals surface area contributed by atoms with Crippen LogP contribution in [0.1, 0.15) is 56.1 Å². The molecule has 0 heterocycles. The summed E-state index contributed by atoms with van der Waals surface area (Å²) in [4.78, 5) is 0. The van der Waals surface area contributed by atoms with Gasteiger partial charge in [0.05, 0.1) is 0 Å². The van der Waals surface area contributed by atoms with Crippen LogP contribution in [0.4, 0.5) is 0 Å². The van der Waals surface area contributed by atoms with Gasteiger partial charge < -0.3 is 5.11 Å². The molecule has 2 aromatic carbocycles. The lowest BCUT2D eigenvalue weighted by Crippen LogP contribution is -2.21. The topological polar surface area (TPSA) is 20.2 Å². The van der Waals surface area contributed by atoms with Gasteiger partial charge in [-0.3, -0.25) is 0 Å². The standard InChI is InChI=1S/C21H26O/c1-2-20(16-8-6-7-9-16)21(17-10-4-3-5-11-17)18-12-14-19(22)15-13-18/h3-5,10-16,20-22H,2,6-9H2,1H3. The van der Waals surface area contributed by atoms with E-state index in [0.29, 0.717) is 17.6 Å². The average Bonchev–Trinajstić information content (AvgIpc) is 3.08. The van der Waals surface area contributed by atoms with Gasteiger partial charge in [-0.05, 0) is 35.1 Å². The number of rotatable bonds is 5. The zero-order valence-electron chi connectivity index (χ0n) is 13.4. The molecule has 0 spiro atoms. The summed E-state index contributed by atoms with van der Waals surface area (Å²) in [7, 11) is 0. The lowest BCUT2D eigenvalue weighted by molar-refractivity contribution is 0.297. The van der Waals surface area contributed by atoms with Crippen molar-refractivity contribution in [1.29, 1.82) is 0 Å². The Morgan fingerprint density at radius 1 is 0.909 bits per heavy atom. The lowest BCUT2D eigenvalue weighted by atomic mass is 9.72. The summed E-state index contributed by atoms with van der Waals surface area (Å²) in [6, 6.07) is 18.8. The molecule has 1 saturated carbocycles. The molecule has 0 aliphatic heterocycles. The van der Waals surface area contributed by atoms with Gasteiger partial charge in [0.2, 0.25) is 0 Å². The zero-order chi connectivity index (χ0) is 15.4. The van der Waals surface area contributed by atoms with Crippen LogP contribution in [-0.4, -0.2) is 5.11 Å². The van der Waals surface area contributed by atoms with Crippen LogP contribution in [0.3, 0.4) is 0 Å². The molecule has 0 amide bonds. The van der Waals surface area contributed by atoms with Crippen LogP contribution >= 0.6 is 0 Å². The second-order valence-electron chi connectivity index (χ2n) is 6.60. The van der Waals surface area contributed by atoms with E-state index in [1.54, 1.807) is 0 Å². The van der Waals surface area contributed by atoms with E-state index in [4.69, 9.17) is 0 Å². The van der Waals surface area contributed by atoms with Crippen molar-refractivity contribution in [3.05, 3.63) is 65.7 Å². The summed E-state index contributed by atoms with van der Waals surface area (Å²) in [5, 5.41) is 9.62. The number of hydrogen-bond donors (Lipinski definition) is 1. The van der Waals surface area contributed by atoms with E-state index in [-0.39, 0.29) is 0 Å². The van der Waals surface area contributed by atoms with Crippen molar-refractivity contribution in [2.45, 2.75) is 44.9 Å². The van der Waals surface area contributed by atoms with Crippen molar-refractivity contribution >= 4 is 0 Å². The van der Waals surface area contributed by atoms with Crippen molar-refractivity contribution in [3.8, 4) is 5.75 Å². The second-order valence-corrected chi connectivity index (χ2v) is 6.60. The summed E-state index contributed by atoms with van der Waals surface area (Å²) in [5.41, 5.74) is 2.75. The molecule has 0 radical (unpaired) electrons. The van der Waals surface area contributed by atoms with E-state index in [1.807, 2.05) is 12.1 Å². The Bertz CT molecular complexity index is 567. The molecule has 1 aliphatic rings. The van der Waals surface area contributed by atoms with E-state index >= 15 is 0 Å². The van der Waals surface area contributed by atoms with Crippen molar-refractivity contribution in [3.63, 3.8) is 0 Å². The van der Waals surface area contributed by atoms with Gasteiger partial charge in [-0.1, -0.05) is 81.5 Å². The van der Waals surface area contributed by atoms with Crippen LogP contribution in [0, 0.1) is 11.8 Å². The van der Waals surface area contributed by atoms with Gasteiger partial charge in [0.1, 0.15) is 5.75 Å². The molecule has 1 heteroatoms. The lowest BCUT2D eigenvalue weighted by Gasteiger charge is -2.32. The molecule has 2 atom stereocenters. The summed E-state index contributed by atoms with van der Waals surface area (Å²) < 4.78 is 0. The number of phenolic OH excluding ortho intramolecular Hbond substituents is 1. The third-order valence-electron chi connectivity index (χ3n) is 5.32. The van der Waals surface area contributed by atoms with Crippen LogP contribution in [0.25, 0.3) is 0 Å². The van der Waals surface area contributed by atoms with Gasteiger partial charge in [-0.2, -0.15) is 0 Å². The summed E-state index contributed by atoms with van der Waals surface area (Å²) in [5.74, 6) is 2.32. The highest BCUT2D eigenvalue weighted by atomic mass is 16.3. The molecule has 2 aromatic rings. The molecule has 3 rings (SSSR count). The van der Waals surface area contributed by atoms with E-state index < -0.39 is 0 Å². The second kappa shape index (κ2) is 7.00. The molecule has 2 unspecified atom stereocenters. The van der Waals surface area contributed by atoms with Crippen molar-refractivity contribution in [2.75, 3.05) is 0 Å². The van der Waals surface area contributed by atoms with E-state index in [9.17, 15) is 5.11 Å². The van der Waals surface area contributed by atoms with Gasteiger partial charge in [0.15, 0.2) is 0 Å². The molecule has 0 aromatic heterocycles. The first-order valence-electron chi connectivity index (χ1n) is 8.63. The molecule has 22 heavy (non-hydrogen) atoms. The van der Waals surface area contributed by atoms with E-state index in [2.05, 4.69) is 49.4 Å². The molecule has 0 saturated heterocycles. The van der Waals surface area contributed by atoms with Crippen molar-refractivity contribution in [2.24, 2.45) is 11.8 Å². The van der Waals surface area contributed by atoms with Crippen LogP contribution in [-0.2, 0) is 0 Å². The fourth-order valence-electron chi connectivity index (χ4n) is 4.26. The molecular formula is C21H26O. The maximum absolute atomic E-state index is 9.62. The Hall–Kier alpha value is -1.76. The number of benzene rings is 2. The van der Waals surface area contributed by atoms with Gasteiger partial charge in [0.25, 0.3) is 0 Å². The van der Waals surface area contributed by atoms with E-state index in [0.717, 1.165) is 5.92 Å². The Balaban J connectivity index is 1.99. The fraction of sp³-hybridized carbons (Fsp3) is 0.429. The van der Waals surface area contributed by atoms with Gasteiger partial charge in [0, 0.05) is 5.92 Å². The molecule has 0 bridgehead atoms. The third kappa shape index (κ3) is 3.19. The molecule has 1 aliphatic carbocycles. The minimum Gasteiger partial charge on any atom is -0.508 e. The maximum Gasteiger partial charge on any atom is 0.115 e. The number of hydrogen-bond acceptors (Lipinski definition) is 1. The quantitative estimate of drug-likeness (QED) is 0.745. The van der Waals surface area contributed by atoms with Crippen LogP contribution < -0.4 is 0 Å². The van der Waals surface area contributed by atoms with Crippen LogP contribution in [0.2, 0.25) is 0 Å². The Morgan fingerprint density at radius 2 is 1.50 bits per heavy atom.